The highest BCUT2D eigenvalue weighted by atomic mass is 35.5. The second-order valence-corrected chi connectivity index (χ2v) is 9.42. The minimum absolute atomic E-state index is 0.0186. The van der Waals surface area contributed by atoms with E-state index >= 15 is 0 Å². The maximum atomic E-state index is 12.2. The zero-order valence-corrected chi connectivity index (χ0v) is 18.0. The van der Waals surface area contributed by atoms with Gasteiger partial charge in [-0.2, -0.15) is 0 Å². The highest BCUT2D eigenvalue weighted by Gasteiger charge is 2.54. The van der Waals surface area contributed by atoms with E-state index in [-0.39, 0.29) is 5.91 Å². The number of hydrogen-bond donors (Lipinski definition) is 0. The number of halogens is 1. The summed E-state index contributed by atoms with van der Waals surface area (Å²) in [5, 5.41) is 9.74. The zero-order chi connectivity index (χ0) is 21.2. The average molecular weight is 436 g/mol. The summed E-state index contributed by atoms with van der Waals surface area (Å²) in [6.45, 7) is 4.58. The van der Waals surface area contributed by atoms with E-state index in [0.29, 0.717) is 29.4 Å². The molecule has 3 aliphatic rings. The van der Waals surface area contributed by atoms with Crippen LogP contribution < -0.4 is 4.90 Å². The Hall–Kier alpha value is -3.00. The molecule has 1 saturated carbocycles. The molecule has 8 nitrogen and oxygen atoms in total. The first kappa shape index (κ1) is 18.7. The lowest BCUT2D eigenvalue weighted by molar-refractivity contribution is -0.130. The maximum Gasteiger partial charge on any atom is 0.220 e. The van der Waals surface area contributed by atoms with Crippen LogP contribution in [0, 0.1) is 5.41 Å². The second-order valence-electron chi connectivity index (χ2n) is 8.98. The van der Waals surface area contributed by atoms with Crippen molar-refractivity contribution in [2.45, 2.75) is 38.8 Å². The molecule has 0 radical (unpaired) electrons. The van der Waals surface area contributed by atoms with Crippen molar-refractivity contribution in [3.8, 4) is 5.69 Å². The van der Waals surface area contributed by atoms with E-state index < -0.39 is 0 Å². The molecule has 0 atom stereocenters. The minimum atomic E-state index is 0.0186. The van der Waals surface area contributed by atoms with Gasteiger partial charge >= 0.3 is 0 Å². The van der Waals surface area contributed by atoms with Crippen molar-refractivity contribution in [1.29, 1.82) is 0 Å². The first-order chi connectivity index (χ1) is 15.0. The van der Waals surface area contributed by atoms with Gasteiger partial charge in [-0.3, -0.25) is 14.3 Å². The number of aromatic nitrogens is 5. The number of rotatable bonds is 2. The summed E-state index contributed by atoms with van der Waals surface area (Å²) in [5.74, 6) is 3.13. The minimum Gasteiger partial charge on any atom is -0.354 e. The van der Waals surface area contributed by atoms with Crippen LogP contribution in [0.4, 0.5) is 5.82 Å². The van der Waals surface area contributed by atoms with Crippen molar-refractivity contribution in [3.63, 3.8) is 0 Å². The Balaban J connectivity index is 1.27. The molecule has 2 aliphatic heterocycles. The van der Waals surface area contributed by atoms with Crippen molar-refractivity contribution in [2.24, 2.45) is 5.41 Å². The Morgan fingerprint density at radius 1 is 1.16 bits per heavy atom. The number of nitrogens with zero attached hydrogens (tertiary/aromatic N) is 7. The smallest absolute Gasteiger partial charge is 0.220 e. The van der Waals surface area contributed by atoms with Crippen LogP contribution in [-0.4, -0.2) is 48.6 Å². The second kappa shape index (κ2) is 6.75. The SMILES string of the molecule is CC(=O)N1Cc2cc(Cl)ccc2-n2c(nnc2C2CC3(C2)CN(c2cnccn2)C3)C1. The largest absolute Gasteiger partial charge is 0.354 e. The predicted molar refractivity (Wildman–Crippen MR) is 115 cm³/mol. The quantitative estimate of drug-likeness (QED) is 0.615. The van der Waals surface area contributed by atoms with Gasteiger partial charge in [0.25, 0.3) is 0 Å². The van der Waals surface area contributed by atoms with Gasteiger partial charge in [-0.1, -0.05) is 11.6 Å². The highest BCUT2D eigenvalue weighted by molar-refractivity contribution is 6.30. The summed E-state index contributed by atoms with van der Waals surface area (Å²) >= 11 is 6.27. The molecule has 1 saturated heterocycles. The molecule has 3 aromatic rings. The van der Waals surface area contributed by atoms with E-state index in [0.717, 1.165) is 54.6 Å². The molecule has 1 aromatic carbocycles. The summed E-state index contributed by atoms with van der Waals surface area (Å²) in [7, 11) is 0. The van der Waals surface area contributed by atoms with Gasteiger partial charge in [-0.25, -0.2) is 4.98 Å². The Morgan fingerprint density at radius 2 is 2.00 bits per heavy atom. The van der Waals surface area contributed by atoms with Gasteiger partial charge in [0.1, 0.15) is 11.6 Å². The van der Waals surface area contributed by atoms with Gasteiger partial charge in [0.15, 0.2) is 5.82 Å². The lowest BCUT2D eigenvalue weighted by Crippen LogP contribution is -2.62. The highest BCUT2D eigenvalue weighted by Crippen LogP contribution is 2.56. The van der Waals surface area contributed by atoms with E-state index in [1.54, 1.807) is 24.2 Å². The molecule has 0 bridgehead atoms. The number of benzene rings is 1. The van der Waals surface area contributed by atoms with Gasteiger partial charge in [-0.15, -0.1) is 10.2 Å². The number of amides is 1. The first-order valence-electron chi connectivity index (χ1n) is 10.5. The lowest BCUT2D eigenvalue weighted by atomic mass is 9.57. The molecule has 4 heterocycles. The summed E-state index contributed by atoms with van der Waals surface area (Å²) in [6.07, 6.45) is 7.43. The third kappa shape index (κ3) is 3.00. The Kier molecular flexibility index (Phi) is 4.08. The van der Waals surface area contributed by atoms with Crippen LogP contribution in [0.15, 0.2) is 36.8 Å². The Bertz CT molecular complexity index is 1160. The number of carbonyl (C=O) groups excluding carboxylic acids is 1. The molecule has 1 spiro atoms. The fraction of sp³-hybridized carbons (Fsp3) is 0.409. The molecule has 1 aliphatic carbocycles. The zero-order valence-electron chi connectivity index (χ0n) is 17.2. The van der Waals surface area contributed by atoms with Gasteiger partial charge in [-0.05, 0) is 36.6 Å². The number of anilines is 1. The molecule has 9 heteroatoms. The third-order valence-corrected chi connectivity index (χ3v) is 7.06. The Morgan fingerprint density at radius 3 is 2.74 bits per heavy atom. The normalized spacial score (nSPS) is 19.3. The molecular formula is C22H22ClN7O. The molecule has 2 aromatic heterocycles. The van der Waals surface area contributed by atoms with Crippen LogP contribution in [0.2, 0.25) is 5.02 Å². The molecular weight excluding hydrogens is 414 g/mol. The number of fused-ring (bicyclic) bond motifs is 3. The lowest BCUT2D eigenvalue weighted by Gasteiger charge is -2.59. The monoisotopic (exact) mass is 435 g/mol. The molecule has 6 rings (SSSR count). The number of carbonyl (C=O) groups is 1. The van der Waals surface area contributed by atoms with Gasteiger partial charge in [0.05, 0.1) is 18.4 Å². The van der Waals surface area contributed by atoms with Crippen LogP contribution in [0.25, 0.3) is 5.69 Å². The fourth-order valence-corrected chi connectivity index (χ4v) is 5.51. The maximum absolute atomic E-state index is 12.2. The van der Waals surface area contributed by atoms with Crippen LogP contribution in [0.1, 0.15) is 42.9 Å². The molecule has 0 unspecified atom stereocenters. The van der Waals surface area contributed by atoms with Crippen LogP contribution in [-0.2, 0) is 17.9 Å². The summed E-state index contributed by atoms with van der Waals surface area (Å²) in [4.78, 5) is 24.8. The summed E-state index contributed by atoms with van der Waals surface area (Å²) < 4.78 is 2.16. The van der Waals surface area contributed by atoms with Gasteiger partial charge in [0, 0.05) is 55.3 Å². The van der Waals surface area contributed by atoms with Crippen molar-refractivity contribution < 1.29 is 4.79 Å². The standard InChI is InChI=1S/C22H22ClN7O/c1-14(31)28-10-15-6-17(23)2-3-18(15)30-20(11-28)26-27-21(30)16-7-22(8-16)12-29(13-22)19-9-24-4-5-25-19/h2-6,9,16H,7-8,10-13H2,1H3. The van der Waals surface area contributed by atoms with Crippen molar-refractivity contribution in [2.75, 3.05) is 18.0 Å². The topological polar surface area (TPSA) is 80.0 Å². The fourth-order valence-electron chi connectivity index (χ4n) is 5.32. The molecule has 1 amide bonds. The van der Waals surface area contributed by atoms with Gasteiger partial charge < -0.3 is 9.80 Å². The molecule has 0 N–H and O–H groups in total. The van der Waals surface area contributed by atoms with E-state index in [2.05, 4.69) is 29.6 Å². The third-order valence-electron chi connectivity index (χ3n) is 6.83. The predicted octanol–water partition coefficient (Wildman–Crippen LogP) is 2.96. The van der Waals surface area contributed by atoms with E-state index in [1.165, 1.54) is 0 Å². The van der Waals surface area contributed by atoms with Crippen LogP contribution >= 0.6 is 11.6 Å². The number of hydrogen-bond acceptors (Lipinski definition) is 6. The van der Waals surface area contributed by atoms with Crippen molar-refractivity contribution in [3.05, 3.63) is 59.0 Å². The first-order valence-corrected chi connectivity index (χ1v) is 10.9. The average Bonchev–Trinajstić information content (AvgIpc) is 3.02. The summed E-state index contributed by atoms with van der Waals surface area (Å²) in [5.41, 5.74) is 2.38. The van der Waals surface area contributed by atoms with Crippen molar-refractivity contribution >= 4 is 23.3 Å². The van der Waals surface area contributed by atoms with Crippen LogP contribution in [0.5, 0.6) is 0 Å². The molecule has 31 heavy (non-hydrogen) atoms. The summed E-state index contributed by atoms with van der Waals surface area (Å²) in [6, 6.07) is 5.86. The van der Waals surface area contributed by atoms with Crippen LogP contribution in [0.3, 0.4) is 0 Å². The molecule has 2 fully saturated rings. The van der Waals surface area contributed by atoms with Gasteiger partial charge in [0.2, 0.25) is 5.91 Å². The van der Waals surface area contributed by atoms with E-state index in [1.807, 2.05) is 24.4 Å². The Labute approximate surface area is 184 Å². The molecule has 158 valence electrons. The van der Waals surface area contributed by atoms with E-state index in [9.17, 15) is 4.79 Å². The van der Waals surface area contributed by atoms with Crippen molar-refractivity contribution in [1.82, 2.24) is 29.6 Å². The van der Waals surface area contributed by atoms with E-state index in [4.69, 9.17) is 11.6 Å².